The van der Waals surface area contributed by atoms with Gasteiger partial charge in [0, 0.05) is 16.3 Å². The third kappa shape index (κ3) is 3.95. The second-order valence-electron chi connectivity index (χ2n) is 7.61. The zero-order valence-electron chi connectivity index (χ0n) is 18.1. The van der Waals surface area contributed by atoms with E-state index in [1.54, 1.807) is 22.9 Å². The van der Waals surface area contributed by atoms with Crippen molar-refractivity contribution in [1.82, 2.24) is 20.2 Å². The van der Waals surface area contributed by atoms with Crippen molar-refractivity contribution in [3.8, 4) is 10.8 Å². The largest absolute Gasteiger partial charge is 0.477 e. The van der Waals surface area contributed by atoms with Gasteiger partial charge in [-0.25, -0.2) is 14.8 Å². The SMILES string of the molecule is CO/N=C(/C(=O)N[C@@H]1C(=O)N2C(C(=O)O)=C(c3csc(-c4ccco4)n3)CC[C@H]12)c1csc(N)n1. The Balaban J connectivity index is 1.39. The van der Waals surface area contributed by atoms with Gasteiger partial charge in [0.25, 0.3) is 11.8 Å². The number of aliphatic carboxylic acids is 1. The molecule has 2 amide bonds. The summed E-state index contributed by atoms with van der Waals surface area (Å²) in [5.74, 6) is -1.88. The predicted octanol–water partition coefficient (Wildman–Crippen LogP) is 1.78. The minimum atomic E-state index is -1.24. The third-order valence-electron chi connectivity index (χ3n) is 5.63. The van der Waals surface area contributed by atoms with Crippen LogP contribution in [0.25, 0.3) is 16.3 Å². The monoisotopic (exact) mass is 514 g/mol. The third-order valence-corrected chi connectivity index (χ3v) is 7.16. The predicted molar refractivity (Wildman–Crippen MR) is 126 cm³/mol. The Morgan fingerprint density at radius 1 is 1.34 bits per heavy atom. The molecule has 12 nitrogen and oxygen atoms in total. The first-order valence-electron chi connectivity index (χ1n) is 10.3. The van der Waals surface area contributed by atoms with Crippen molar-refractivity contribution in [1.29, 1.82) is 0 Å². The van der Waals surface area contributed by atoms with E-state index in [0.717, 1.165) is 11.3 Å². The van der Waals surface area contributed by atoms with Crippen LogP contribution in [0.4, 0.5) is 5.13 Å². The summed E-state index contributed by atoms with van der Waals surface area (Å²) in [5, 5.41) is 20.4. The molecule has 3 aromatic heterocycles. The number of furan rings is 1. The number of rotatable bonds is 7. The molecule has 180 valence electrons. The topological polar surface area (TPSA) is 173 Å². The first-order chi connectivity index (χ1) is 16.9. The molecule has 0 bridgehead atoms. The van der Waals surface area contributed by atoms with Gasteiger partial charge in [-0.3, -0.25) is 14.5 Å². The van der Waals surface area contributed by atoms with Crippen molar-refractivity contribution >= 4 is 56.9 Å². The van der Waals surface area contributed by atoms with Crippen LogP contribution in [0.1, 0.15) is 24.2 Å². The Morgan fingerprint density at radius 2 is 2.17 bits per heavy atom. The van der Waals surface area contributed by atoms with Crippen molar-refractivity contribution in [3.05, 3.63) is 46.2 Å². The van der Waals surface area contributed by atoms with Gasteiger partial charge in [0.05, 0.1) is 18.0 Å². The van der Waals surface area contributed by atoms with E-state index in [1.807, 2.05) is 0 Å². The molecule has 5 rings (SSSR count). The average Bonchev–Trinajstić information content (AvgIpc) is 3.61. The molecule has 1 fully saturated rings. The van der Waals surface area contributed by atoms with E-state index < -0.39 is 29.9 Å². The second-order valence-corrected chi connectivity index (χ2v) is 9.35. The van der Waals surface area contributed by atoms with Crippen LogP contribution in [0.5, 0.6) is 0 Å². The van der Waals surface area contributed by atoms with E-state index in [2.05, 4.69) is 20.4 Å². The van der Waals surface area contributed by atoms with Crippen LogP contribution in [-0.4, -0.2) is 62.7 Å². The van der Waals surface area contributed by atoms with Gasteiger partial charge in [-0.1, -0.05) is 5.16 Å². The number of nitrogens with zero attached hydrogens (tertiary/aromatic N) is 4. The normalized spacial score (nSPS) is 19.9. The highest BCUT2D eigenvalue weighted by Crippen LogP contribution is 2.41. The molecule has 0 unspecified atom stereocenters. The fourth-order valence-corrected chi connectivity index (χ4v) is 5.49. The van der Waals surface area contributed by atoms with Gasteiger partial charge in [-0.15, -0.1) is 22.7 Å². The average molecular weight is 515 g/mol. The number of nitrogens with two attached hydrogens (primary N) is 1. The highest BCUT2D eigenvalue weighted by Gasteiger charge is 2.54. The number of carboxylic acid groups (broad SMARTS) is 1. The molecule has 0 aliphatic carbocycles. The number of β-lactam (4-membered cyclic amide) rings is 1. The van der Waals surface area contributed by atoms with E-state index in [4.69, 9.17) is 15.0 Å². The number of anilines is 1. The van der Waals surface area contributed by atoms with Crippen LogP contribution in [0.15, 0.2) is 44.4 Å². The zero-order valence-corrected chi connectivity index (χ0v) is 19.8. The number of nitrogens with one attached hydrogen (secondary N) is 1. The number of fused-ring (bicyclic) bond motifs is 1. The van der Waals surface area contributed by atoms with E-state index in [9.17, 15) is 19.5 Å². The lowest BCUT2D eigenvalue weighted by Gasteiger charge is -2.50. The molecule has 1 saturated heterocycles. The molecule has 4 N–H and O–H groups in total. The summed E-state index contributed by atoms with van der Waals surface area (Å²) in [6.07, 6.45) is 2.34. The highest BCUT2D eigenvalue weighted by molar-refractivity contribution is 7.13. The number of nitrogen functional groups attached to an aromatic ring is 1. The Labute approximate surface area is 205 Å². The lowest BCUT2D eigenvalue weighted by molar-refractivity contribution is -0.154. The van der Waals surface area contributed by atoms with Gasteiger partial charge in [-0.2, -0.15) is 0 Å². The number of carbonyl (C=O) groups is 3. The van der Waals surface area contributed by atoms with Crippen LogP contribution >= 0.6 is 22.7 Å². The molecule has 2 aliphatic rings. The maximum absolute atomic E-state index is 13.0. The molecule has 0 saturated carbocycles. The van der Waals surface area contributed by atoms with E-state index in [1.165, 1.54) is 29.6 Å². The Kier molecular flexibility index (Phi) is 5.82. The van der Waals surface area contributed by atoms with E-state index in [-0.39, 0.29) is 22.2 Å². The standard InChI is InChI=1S/C21H18N6O6S2/c1-32-26-14(11-8-35-21(22)24-11)17(28)25-15-12-5-4-9(16(20(30)31)27(12)19(15)29)10-7-34-18(23-10)13-3-2-6-33-13/h2-3,6-8,12,15H,4-5H2,1H3,(H2,22,24)(H,25,28)(H,30,31)/b26-14+/t12-,15+/m1/s1. The number of aromatic nitrogens is 2. The summed E-state index contributed by atoms with van der Waals surface area (Å²) >= 11 is 2.45. The molecule has 2 aliphatic heterocycles. The van der Waals surface area contributed by atoms with Crippen LogP contribution in [0, 0.1) is 0 Å². The molecule has 5 heterocycles. The molecule has 3 aromatic rings. The molecular weight excluding hydrogens is 496 g/mol. The zero-order chi connectivity index (χ0) is 24.7. The summed E-state index contributed by atoms with van der Waals surface area (Å²) in [7, 11) is 1.28. The lowest BCUT2D eigenvalue weighted by Crippen LogP contribution is -2.72. The van der Waals surface area contributed by atoms with Gasteiger partial charge < -0.3 is 25.4 Å². The minimum absolute atomic E-state index is 0.133. The summed E-state index contributed by atoms with van der Waals surface area (Å²) in [6.45, 7) is 0. The Morgan fingerprint density at radius 3 is 2.83 bits per heavy atom. The summed E-state index contributed by atoms with van der Waals surface area (Å²) in [6, 6.07) is 2.07. The lowest BCUT2D eigenvalue weighted by atomic mass is 9.82. The maximum Gasteiger partial charge on any atom is 0.352 e. The van der Waals surface area contributed by atoms with Crippen LogP contribution in [-0.2, 0) is 19.2 Å². The number of carboxylic acids is 1. The van der Waals surface area contributed by atoms with Crippen molar-refractivity contribution in [2.45, 2.75) is 24.9 Å². The summed E-state index contributed by atoms with van der Waals surface area (Å²) < 4.78 is 5.36. The van der Waals surface area contributed by atoms with Crippen molar-refractivity contribution in [3.63, 3.8) is 0 Å². The fourth-order valence-electron chi connectivity index (χ4n) is 4.14. The van der Waals surface area contributed by atoms with Gasteiger partial charge in [0.15, 0.2) is 21.6 Å². The Hall–Kier alpha value is -4.04. The first kappa shape index (κ1) is 22.7. The first-order valence-corrected chi connectivity index (χ1v) is 12.1. The number of allylic oxidation sites excluding steroid dienone is 1. The molecule has 2 atom stereocenters. The second kappa shape index (κ2) is 8.96. The van der Waals surface area contributed by atoms with Crippen LogP contribution < -0.4 is 11.1 Å². The number of oxime groups is 1. The smallest absolute Gasteiger partial charge is 0.352 e. The molecule has 0 radical (unpaired) electrons. The number of thiazole rings is 2. The number of hydrogen-bond donors (Lipinski definition) is 3. The summed E-state index contributed by atoms with van der Waals surface area (Å²) in [5.41, 5.74) is 6.53. The molecule has 0 aromatic carbocycles. The fraction of sp³-hybridized carbons (Fsp3) is 0.238. The molecule has 35 heavy (non-hydrogen) atoms. The van der Waals surface area contributed by atoms with Crippen molar-refractivity contribution in [2.75, 3.05) is 12.8 Å². The van der Waals surface area contributed by atoms with Crippen molar-refractivity contribution < 1.29 is 28.7 Å². The molecule has 0 spiro atoms. The summed E-state index contributed by atoms with van der Waals surface area (Å²) in [4.78, 5) is 52.6. The van der Waals surface area contributed by atoms with Gasteiger partial charge in [-0.05, 0) is 25.0 Å². The number of carbonyl (C=O) groups excluding carboxylic acids is 2. The van der Waals surface area contributed by atoms with Crippen LogP contribution in [0.3, 0.4) is 0 Å². The highest BCUT2D eigenvalue weighted by atomic mass is 32.1. The number of amides is 2. The maximum atomic E-state index is 13.0. The van der Waals surface area contributed by atoms with Gasteiger partial charge in [0.1, 0.15) is 24.5 Å². The number of hydrogen-bond acceptors (Lipinski definition) is 11. The van der Waals surface area contributed by atoms with Crippen molar-refractivity contribution in [2.24, 2.45) is 5.16 Å². The van der Waals surface area contributed by atoms with Gasteiger partial charge in [0.2, 0.25) is 0 Å². The Bertz CT molecular complexity index is 1370. The van der Waals surface area contributed by atoms with E-state index >= 15 is 0 Å². The molecular formula is C21H18N6O6S2. The van der Waals surface area contributed by atoms with Gasteiger partial charge >= 0.3 is 5.97 Å². The molecule has 14 heteroatoms. The van der Waals surface area contributed by atoms with Crippen LogP contribution in [0.2, 0.25) is 0 Å². The van der Waals surface area contributed by atoms with E-state index in [0.29, 0.717) is 34.9 Å². The minimum Gasteiger partial charge on any atom is -0.477 e. The quantitative estimate of drug-likeness (QED) is 0.241.